The van der Waals surface area contributed by atoms with Crippen LogP contribution in [-0.2, 0) is 26.2 Å². The number of benzene rings is 1. The molecule has 1 aromatic rings. The molecule has 0 aliphatic carbocycles. The van der Waals surface area contributed by atoms with Gasteiger partial charge in [-0.1, -0.05) is 0 Å². The van der Waals surface area contributed by atoms with E-state index in [9.17, 15) is 35.2 Å². The molecular formula is C15H18F5NO4S. The molecule has 1 rings (SSSR count). The van der Waals surface area contributed by atoms with E-state index in [1.165, 1.54) is 25.5 Å². The number of halogens is 5. The minimum absolute atomic E-state index is 0.877. The van der Waals surface area contributed by atoms with Crippen molar-refractivity contribution < 1.29 is 39.9 Å². The van der Waals surface area contributed by atoms with Crippen molar-refractivity contribution in [3.8, 4) is 0 Å². The Labute approximate surface area is 147 Å². The molecular weight excluding hydrogens is 385 g/mol. The van der Waals surface area contributed by atoms with Crippen LogP contribution in [0.4, 0.5) is 27.6 Å². The Balaban J connectivity index is 3.40. The SMILES string of the molecule is CC(C)(C)OC(=O)C(C)(C)S(=O)(=O)Nc1c(F)c(F)c(CF)c(F)c1F. The molecule has 148 valence electrons. The number of carbonyl (C=O) groups is 1. The largest absolute Gasteiger partial charge is 0.459 e. The van der Waals surface area contributed by atoms with Gasteiger partial charge in [0.2, 0.25) is 10.0 Å². The first-order chi connectivity index (χ1) is 11.6. The number of hydrogen-bond acceptors (Lipinski definition) is 4. The van der Waals surface area contributed by atoms with Crippen molar-refractivity contribution in [2.45, 2.75) is 51.6 Å². The van der Waals surface area contributed by atoms with Crippen LogP contribution in [0.1, 0.15) is 40.2 Å². The maximum absolute atomic E-state index is 13.9. The standard InChI is InChI=1S/C15H18F5NO4S/c1-14(2,3)25-13(22)15(4,5)26(23,24)21-12-10(19)8(17)7(6-16)9(18)11(12)20/h21H,6H2,1-5H3. The molecule has 0 aliphatic heterocycles. The Kier molecular flexibility index (Phi) is 5.97. The van der Waals surface area contributed by atoms with Crippen LogP contribution < -0.4 is 4.72 Å². The molecule has 1 aromatic carbocycles. The summed E-state index contributed by atoms with van der Waals surface area (Å²) in [6, 6.07) is 0. The summed E-state index contributed by atoms with van der Waals surface area (Å²) in [5, 5.41) is 0. The Morgan fingerprint density at radius 2 is 1.38 bits per heavy atom. The fourth-order valence-corrected chi connectivity index (χ4v) is 2.62. The third-order valence-electron chi connectivity index (χ3n) is 3.29. The van der Waals surface area contributed by atoms with Crippen LogP contribution in [-0.4, -0.2) is 24.7 Å². The minimum atomic E-state index is -4.91. The predicted molar refractivity (Wildman–Crippen MR) is 83.6 cm³/mol. The summed E-state index contributed by atoms with van der Waals surface area (Å²) in [6.45, 7) is 4.29. The van der Waals surface area contributed by atoms with Gasteiger partial charge in [-0.15, -0.1) is 0 Å². The van der Waals surface area contributed by atoms with Crippen molar-refractivity contribution >= 4 is 21.7 Å². The normalized spacial score (nSPS) is 12.8. The highest BCUT2D eigenvalue weighted by atomic mass is 32.2. The van der Waals surface area contributed by atoms with E-state index < -0.39 is 67.5 Å². The maximum atomic E-state index is 13.9. The topological polar surface area (TPSA) is 72.5 Å². The summed E-state index contributed by atoms with van der Waals surface area (Å²) in [5.74, 6) is -9.71. The van der Waals surface area contributed by atoms with Crippen LogP contribution in [0.5, 0.6) is 0 Å². The number of ether oxygens (including phenoxy) is 1. The monoisotopic (exact) mass is 403 g/mol. The van der Waals surface area contributed by atoms with E-state index in [1.54, 1.807) is 0 Å². The lowest BCUT2D eigenvalue weighted by Gasteiger charge is -2.28. The first-order valence-electron chi connectivity index (χ1n) is 7.23. The zero-order valence-corrected chi connectivity index (χ0v) is 15.5. The molecule has 0 unspecified atom stereocenters. The van der Waals surface area contributed by atoms with E-state index in [1.807, 2.05) is 0 Å². The summed E-state index contributed by atoms with van der Waals surface area (Å²) < 4.78 is 96.1. The molecule has 0 fully saturated rings. The third kappa shape index (κ3) is 4.08. The van der Waals surface area contributed by atoms with Gasteiger partial charge in [-0.2, -0.15) is 0 Å². The molecule has 0 radical (unpaired) electrons. The molecule has 0 spiro atoms. The molecule has 0 amide bonds. The van der Waals surface area contributed by atoms with E-state index >= 15 is 0 Å². The Morgan fingerprint density at radius 1 is 0.962 bits per heavy atom. The Morgan fingerprint density at radius 3 is 1.73 bits per heavy atom. The fraction of sp³-hybridized carbons (Fsp3) is 0.533. The van der Waals surface area contributed by atoms with Gasteiger partial charge in [-0.25, -0.2) is 30.4 Å². The number of anilines is 1. The first kappa shape index (κ1) is 22.1. The van der Waals surface area contributed by atoms with Crippen molar-refractivity contribution in [1.29, 1.82) is 0 Å². The molecule has 0 saturated carbocycles. The van der Waals surface area contributed by atoms with Gasteiger partial charge in [0, 0.05) is 0 Å². The van der Waals surface area contributed by atoms with Crippen LogP contribution >= 0.6 is 0 Å². The second kappa shape index (κ2) is 7.01. The van der Waals surface area contributed by atoms with Gasteiger partial charge < -0.3 is 4.74 Å². The van der Waals surface area contributed by atoms with Gasteiger partial charge in [0.1, 0.15) is 18.0 Å². The number of rotatable bonds is 5. The van der Waals surface area contributed by atoms with E-state index in [0.717, 1.165) is 13.8 Å². The van der Waals surface area contributed by atoms with Gasteiger partial charge in [0.25, 0.3) is 0 Å². The van der Waals surface area contributed by atoms with Crippen molar-refractivity contribution in [2.75, 3.05) is 4.72 Å². The summed E-state index contributed by atoms with van der Waals surface area (Å²) in [6.07, 6.45) is 0. The molecule has 26 heavy (non-hydrogen) atoms. The van der Waals surface area contributed by atoms with Crippen molar-refractivity contribution in [1.82, 2.24) is 0 Å². The van der Waals surface area contributed by atoms with Crippen LogP contribution in [0.25, 0.3) is 0 Å². The van der Waals surface area contributed by atoms with Crippen LogP contribution in [0, 0.1) is 23.3 Å². The second-order valence-electron chi connectivity index (χ2n) is 6.86. The smallest absolute Gasteiger partial charge is 0.329 e. The molecule has 0 aliphatic rings. The molecule has 0 bridgehead atoms. The van der Waals surface area contributed by atoms with E-state index in [-0.39, 0.29) is 0 Å². The molecule has 5 nitrogen and oxygen atoms in total. The number of alkyl halides is 1. The lowest BCUT2D eigenvalue weighted by molar-refractivity contribution is -0.157. The minimum Gasteiger partial charge on any atom is -0.459 e. The van der Waals surface area contributed by atoms with Crippen molar-refractivity contribution in [2.24, 2.45) is 0 Å². The molecule has 0 aromatic heterocycles. The lowest BCUT2D eigenvalue weighted by Crippen LogP contribution is -2.47. The van der Waals surface area contributed by atoms with E-state index in [4.69, 9.17) is 4.74 Å². The summed E-state index contributed by atoms with van der Waals surface area (Å²) in [4.78, 5) is 12.1. The highest BCUT2D eigenvalue weighted by Crippen LogP contribution is 2.32. The quantitative estimate of drug-likeness (QED) is 0.464. The van der Waals surface area contributed by atoms with Crippen molar-refractivity contribution in [3.05, 3.63) is 28.8 Å². The van der Waals surface area contributed by atoms with Crippen LogP contribution in [0.15, 0.2) is 0 Å². The summed E-state index contributed by atoms with van der Waals surface area (Å²) >= 11 is 0. The molecule has 11 heteroatoms. The number of sulfonamides is 1. The van der Waals surface area contributed by atoms with E-state index in [0.29, 0.717) is 0 Å². The highest BCUT2D eigenvalue weighted by Gasteiger charge is 2.46. The van der Waals surface area contributed by atoms with E-state index in [2.05, 4.69) is 0 Å². The van der Waals surface area contributed by atoms with Gasteiger partial charge in [-0.05, 0) is 34.6 Å². The molecule has 0 atom stereocenters. The van der Waals surface area contributed by atoms with Crippen LogP contribution in [0.3, 0.4) is 0 Å². The molecule has 0 heterocycles. The van der Waals surface area contributed by atoms with Crippen molar-refractivity contribution in [3.63, 3.8) is 0 Å². The number of carbonyl (C=O) groups excluding carboxylic acids is 1. The van der Waals surface area contributed by atoms with Gasteiger partial charge in [0.15, 0.2) is 28.0 Å². The third-order valence-corrected chi connectivity index (χ3v) is 5.27. The highest BCUT2D eigenvalue weighted by molar-refractivity contribution is 7.94. The molecule has 1 N–H and O–H groups in total. The van der Waals surface area contributed by atoms with Crippen LogP contribution in [0.2, 0.25) is 0 Å². The number of esters is 1. The second-order valence-corrected chi connectivity index (χ2v) is 9.09. The average molecular weight is 403 g/mol. The fourth-order valence-electron chi connectivity index (χ4n) is 1.66. The van der Waals surface area contributed by atoms with Gasteiger partial charge in [0.05, 0.1) is 5.56 Å². The molecule has 0 saturated heterocycles. The first-order valence-corrected chi connectivity index (χ1v) is 8.71. The maximum Gasteiger partial charge on any atom is 0.329 e. The zero-order chi connectivity index (χ0) is 20.7. The predicted octanol–water partition coefficient (Wildman–Crippen LogP) is 3.57. The number of nitrogens with one attached hydrogen (secondary N) is 1. The number of hydrogen-bond donors (Lipinski definition) is 1. The van der Waals surface area contributed by atoms with Gasteiger partial charge >= 0.3 is 5.97 Å². The zero-order valence-electron chi connectivity index (χ0n) is 14.6. The Hall–Kier alpha value is -1.91. The van der Waals surface area contributed by atoms with Gasteiger partial charge in [-0.3, -0.25) is 9.52 Å². The summed E-state index contributed by atoms with van der Waals surface area (Å²) in [7, 11) is -4.91. The average Bonchev–Trinajstić information content (AvgIpc) is 2.48. The summed E-state index contributed by atoms with van der Waals surface area (Å²) in [5.41, 5.74) is -4.29. The lowest BCUT2D eigenvalue weighted by atomic mass is 10.1. The Bertz CT molecular complexity index is 802.